The van der Waals surface area contributed by atoms with Gasteiger partial charge in [0, 0.05) is 6.42 Å². The Balaban J connectivity index is 2.84. The van der Waals surface area contributed by atoms with Crippen LogP contribution in [0.4, 0.5) is 4.39 Å². The van der Waals surface area contributed by atoms with E-state index < -0.39 is 12.1 Å². The minimum atomic E-state index is -0.949. The fourth-order valence-electron chi connectivity index (χ4n) is 1.60. The van der Waals surface area contributed by atoms with Crippen molar-refractivity contribution in [2.75, 3.05) is 0 Å². The molecule has 4 heteroatoms. The number of benzene rings is 1. The first kappa shape index (κ1) is 12.6. The SMILES string of the molecule is Cc1cc(C(O)CCC(=O)O)cc(C)c1F. The largest absolute Gasteiger partial charge is 0.481 e. The highest BCUT2D eigenvalue weighted by Crippen LogP contribution is 2.23. The van der Waals surface area contributed by atoms with Gasteiger partial charge in [0.25, 0.3) is 0 Å². The van der Waals surface area contributed by atoms with Crippen LogP contribution in [-0.2, 0) is 4.79 Å². The number of halogens is 1. The highest BCUT2D eigenvalue weighted by Gasteiger charge is 2.12. The molecule has 0 aliphatic heterocycles. The first-order valence-electron chi connectivity index (χ1n) is 5.08. The standard InChI is InChI=1S/C12H15FO3/c1-7-5-9(6-8(2)12(7)13)10(14)3-4-11(15)16/h5-6,10,14H,3-4H2,1-2H3,(H,15,16). The van der Waals surface area contributed by atoms with Gasteiger partial charge < -0.3 is 10.2 Å². The zero-order valence-corrected chi connectivity index (χ0v) is 9.33. The van der Waals surface area contributed by atoms with Gasteiger partial charge in [-0.1, -0.05) is 12.1 Å². The summed E-state index contributed by atoms with van der Waals surface area (Å²) in [5, 5.41) is 18.2. The van der Waals surface area contributed by atoms with Gasteiger partial charge in [-0.15, -0.1) is 0 Å². The molecule has 0 aliphatic rings. The molecule has 1 aromatic carbocycles. The average molecular weight is 226 g/mol. The third-order valence-electron chi connectivity index (χ3n) is 2.48. The number of carboxylic acid groups (broad SMARTS) is 1. The van der Waals surface area contributed by atoms with Crippen LogP contribution in [0.5, 0.6) is 0 Å². The number of hydrogen-bond acceptors (Lipinski definition) is 2. The molecule has 16 heavy (non-hydrogen) atoms. The predicted molar refractivity (Wildman–Crippen MR) is 57.7 cm³/mol. The van der Waals surface area contributed by atoms with E-state index >= 15 is 0 Å². The Bertz CT molecular complexity index is 378. The minimum Gasteiger partial charge on any atom is -0.481 e. The molecule has 0 saturated carbocycles. The van der Waals surface area contributed by atoms with Crippen molar-refractivity contribution in [2.24, 2.45) is 0 Å². The second kappa shape index (κ2) is 5.07. The van der Waals surface area contributed by atoms with Gasteiger partial charge >= 0.3 is 5.97 Å². The van der Waals surface area contributed by atoms with Crippen LogP contribution in [0, 0.1) is 19.7 Å². The normalized spacial score (nSPS) is 12.5. The van der Waals surface area contributed by atoms with Crippen LogP contribution in [-0.4, -0.2) is 16.2 Å². The maximum atomic E-state index is 13.3. The lowest BCUT2D eigenvalue weighted by Gasteiger charge is -2.12. The fraction of sp³-hybridized carbons (Fsp3) is 0.417. The van der Waals surface area contributed by atoms with E-state index in [0.717, 1.165) is 0 Å². The molecule has 1 unspecified atom stereocenters. The Hall–Kier alpha value is -1.42. The Morgan fingerprint density at radius 3 is 2.31 bits per heavy atom. The van der Waals surface area contributed by atoms with Crippen molar-refractivity contribution in [1.29, 1.82) is 0 Å². The molecule has 0 aromatic heterocycles. The van der Waals surface area contributed by atoms with Crippen molar-refractivity contribution in [1.82, 2.24) is 0 Å². The van der Waals surface area contributed by atoms with Crippen LogP contribution in [0.2, 0.25) is 0 Å². The van der Waals surface area contributed by atoms with Crippen LogP contribution in [0.15, 0.2) is 12.1 Å². The Kier molecular flexibility index (Phi) is 4.01. The molecule has 3 nitrogen and oxygen atoms in total. The van der Waals surface area contributed by atoms with Gasteiger partial charge in [0.15, 0.2) is 0 Å². The summed E-state index contributed by atoms with van der Waals surface area (Å²) in [6.45, 7) is 3.24. The van der Waals surface area contributed by atoms with E-state index in [0.29, 0.717) is 16.7 Å². The molecule has 0 spiro atoms. The monoisotopic (exact) mass is 226 g/mol. The fourth-order valence-corrected chi connectivity index (χ4v) is 1.60. The zero-order chi connectivity index (χ0) is 12.3. The second-order valence-electron chi connectivity index (χ2n) is 3.92. The van der Waals surface area contributed by atoms with Crippen LogP contribution < -0.4 is 0 Å². The van der Waals surface area contributed by atoms with Crippen LogP contribution >= 0.6 is 0 Å². The summed E-state index contributed by atoms with van der Waals surface area (Å²) in [5.41, 5.74) is 1.49. The lowest BCUT2D eigenvalue weighted by molar-refractivity contribution is -0.137. The van der Waals surface area contributed by atoms with Crippen LogP contribution in [0.3, 0.4) is 0 Å². The summed E-state index contributed by atoms with van der Waals surface area (Å²) in [5.74, 6) is -1.23. The van der Waals surface area contributed by atoms with E-state index in [4.69, 9.17) is 5.11 Å². The van der Waals surface area contributed by atoms with Gasteiger partial charge in [-0.2, -0.15) is 0 Å². The number of aliphatic hydroxyl groups excluding tert-OH is 1. The van der Waals surface area contributed by atoms with Crippen LogP contribution in [0.1, 0.15) is 35.6 Å². The van der Waals surface area contributed by atoms with Crippen molar-refractivity contribution >= 4 is 5.97 Å². The van der Waals surface area contributed by atoms with Gasteiger partial charge in [-0.05, 0) is 37.0 Å². The van der Waals surface area contributed by atoms with Gasteiger partial charge in [0.05, 0.1) is 6.10 Å². The van der Waals surface area contributed by atoms with Gasteiger partial charge in [0.2, 0.25) is 0 Å². The van der Waals surface area contributed by atoms with E-state index in [1.165, 1.54) is 0 Å². The molecule has 1 aromatic rings. The van der Waals surface area contributed by atoms with E-state index in [9.17, 15) is 14.3 Å². The number of rotatable bonds is 4. The van der Waals surface area contributed by atoms with E-state index in [1.807, 2.05) is 0 Å². The van der Waals surface area contributed by atoms with Crippen molar-refractivity contribution < 1.29 is 19.4 Å². The maximum Gasteiger partial charge on any atom is 0.303 e. The quantitative estimate of drug-likeness (QED) is 0.828. The Morgan fingerprint density at radius 2 is 1.88 bits per heavy atom. The summed E-state index contributed by atoms with van der Waals surface area (Å²) in [4.78, 5) is 10.4. The molecular weight excluding hydrogens is 211 g/mol. The van der Waals surface area contributed by atoms with Crippen LogP contribution in [0.25, 0.3) is 0 Å². The van der Waals surface area contributed by atoms with Crippen molar-refractivity contribution in [3.63, 3.8) is 0 Å². The average Bonchev–Trinajstić information content (AvgIpc) is 2.21. The van der Waals surface area contributed by atoms with E-state index in [2.05, 4.69) is 0 Å². The number of carbonyl (C=O) groups is 1. The first-order valence-corrected chi connectivity index (χ1v) is 5.08. The molecule has 0 saturated heterocycles. The topological polar surface area (TPSA) is 57.5 Å². The molecule has 0 heterocycles. The lowest BCUT2D eigenvalue weighted by atomic mass is 10.00. The molecule has 0 fully saturated rings. The van der Waals surface area contributed by atoms with Crippen molar-refractivity contribution in [3.8, 4) is 0 Å². The van der Waals surface area contributed by atoms with Gasteiger partial charge in [-0.25, -0.2) is 4.39 Å². The molecule has 0 radical (unpaired) electrons. The number of hydrogen-bond donors (Lipinski definition) is 2. The van der Waals surface area contributed by atoms with Gasteiger partial charge in [-0.3, -0.25) is 4.79 Å². The van der Waals surface area contributed by atoms with Crippen molar-refractivity contribution in [2.45, 2.75) is 32.8 Å². The second-order valence-corrected chi connectivity index (χ2v) is 3.92. The summed E-state index contributed by atoms with van der Waals surface area (Å²) >= 11 is 0. The molecule has 0 bridgehead atoms. The minimum absolute atomic E-state index is 0.101. The highest BCUT2D eigenvalue weighted by atomic mass is 19.1. The van der Waals surface area contributed by atoms with E-state index in [-0.39, 0.29) is 18.7 Å². The predicted octanol–water partition coefficient (Wildman–Crippen LogP) is 2.34. The third kappa shape index (κ3) is 3.03. The Morgan fingerprint density at radius 1 is 1.38 bits per heavy atom. The Labute approximate surface area is 93.5 Å². The van der Waals surface area contributed by atoms with Gasteiger partial charge in [0.1, 0.15) is 5.82 Å². The third-order valence-corrected chi connectivity index (χ3v) is 2.48. The summed E-state index contributed by atoms with van der Waals surface area (Å²) < 4.78 is 13.3. The number of aliphatic carboxylic acids is 1. The molecule has 1 atom stereocenters. The number of aryl methyl sites for hydroxylation is 2. The van der Waals surface area contributed by atoms with Crippen molar-refractivity contribution in [3.05, 3.63) is 34.6 Å². The smallest absolute Gasteiger partial charge is 0.303 e. The number of carboxylic acids is 1. The summed E-state index contributed by atoms with van der Waals surface area (Å²) in [6, 6.07) is 3.10. The first-order chi connectivity index (χ1) is 7.41. The summed E-state index contributed by atoms with van der Waals surface area (Å²) in [7, 11) is 0. The lowest BCUT2D eigenvalue weighted by Crippen LogP contribution is -2.04. The molecule has 88 valence electrons. The molecule has 0 aliphatic carbocycles. The van der Waals surface area contributed by atoms with E-state index in [1.54, 1.807) is 26.0 Å². The maximum absolute atomic E-state index is 13.3. The highest BCUT2D eigenvalue weighted by molar-refractivity contribution is 5.66. The summed E-state index contributed by atoms with van der Waals surface area (Å²) in [6.07, 6.45) is -0.815. The molecule has 0 amide bonds. The molecule has 2 N–H and O–H groups in total. The zero-order valence-electron chi connectivity index (χ0n) is 9.33. The molecule has 1 rings (SSSR count). The molecular formula is C12H15FO3. The number of aliphatic hydroxyl groups is 1.